The Balaban J connectivity index is 2.45. The van der Waals surface area contributed by atoms with E-state index in [1.807, 2.05) is 32.0 Å². The van der Waals surface area contributed by atoms with Crippen LogP contribution in [-0.4, -0.2) is 12.6 Å². The van der Waals surface area contributed by atoms with Crippen molar-refractivity contribution in [2.45, 2.75) is 39.2 Å². The lowest BCUT2D eigenvalue weighted by atomic mass is 9.98. The van der Waals surface area contributed by atoms with Crippen molar-refractivity contribution in [3.8, 4) is 0 Å². The number of hydrogen-bond acceptors (Lipinski definition) is 1. The van der Waals surface area contributed by atoms with E-state index in [4.69, 9.17) is 0 Å². The number of aryl methyl sites for hydroxylation is 2. The summed E-state index contributed by atoms with van der Waals surface area (Å²) in [4.78, 5) is 1.25. The normalized spacial score (nSPS) is 18.4. The Morgan fingerprint density at radius 2 is 1.75 bits per heavy atom. The van der Waals surface area contributed by atoms with Crippen molar-refractivity contribution in [1.82, 2.24) is 0 Å². The standard InChI is InChI=1S/C13H17F2N/c1-3-10-6-5-7-11(4-2)12(10)16-9-8-13(16,14)15/h5-7H,3-4,8-9H2,1-2H3. The average molecular weight is 225 g/mol. The quantitative estimate of drug-likeness (QED) is 0.710. The molecule has 3 heteroatoms. The molecule has 0 amide bonds. The van der Waals surface area contributed by atoms with Gasteiger partial charge in [-0.25, -0.2) is 0 Å². The summed E-state index contributed by atoms with van der Waals surface area (Å²) in [6, 6.07) is 3.21. The van der Waals surface area contributed by atoms with E-state index in [-0.39, 0.29) is 6.42 Å². The van der Waals surface area contributed by atoms with Crippen molar-refractivity contribution in [1.29, 1.82) is 0 Å². The minimum absolute atomic E-state index is 0.0196. The molecule has 16 heavy (non-hydrogen) atoms. The van der Waals surface area contributed by atoms with Crippen molar-refractivity contribution in [2.24, 2.45) is 0 Å². The van der Waals surface area contributed by atoms with Crippen molar-refractivity contribution in [2.75, 3.05) is 11.4 Å². The summed E-state index contributed by atoms with van der Waals surface area (Å²) in [5.41, 5.74) is 2.82. The van der Waals surface area contributed by atoms with Gasteiger partial charge in [0.05, 0.1) is 0 Å². The number of hydrogen-bond donors (Lipinski definition) is 0. The second-order valence-electron chi connectivity index (χ2n) is 4.20. The van der Waals surface area contributed by atoms with Crippen LogP contribution >= 0.6 is 0 Å². The Morgan fingerprint density at radius 3 is 2.06 bits per heavy atom. The van der Waals surface area contributed by atoms with E-state index in [0.717, 1.165) is 29.7 Å². The van der Waals surface area contributed by atoms with Crippen molar-refractivity contribution < 1.29 is 8.78 Å². The van der Waals surface area contributed by atoms with Gasteiger partial charge in [-0.15, -0.1) is 0 Å². The Bertz CT molecular complexity index is 365. The van der Waals surface area contributed by atoms with E-state index < -0.39 is 6.05 Å². The molecule has 1 aliphatic rings. The molecule has 1 aromatic rings. The number of benzene rings is 1. The van der Waals surface area contributed by atoms with E-state index in [1.165, 1.54) is 4.90 Å². The fraction of sp³-hybridized carbons (Fsp3) is 0.538. The van der Waals surface area contributed by atoms with Gasteiger partial charge in [0.2, 0.25) is 0 Å². The molecule has 1 fully saturated rings. The molecule has 0 radical (unpaired) electrons. The summed E-state index contributed by atoms with van der Waals surface area (Å²) in [6.07, 6.45) is 1.58. The molecule has 0 N–H and O–H groups in total. The first kappa shape index (κ1) is 11.4. The molecule has 0 saturated carbocycles. The molecule has 1 nitrogen and oxygen atoms in total. The molecule has 0 atom stereocenters. The molecule has 2 rings (SSSR count). The Hall–Kier alpha value is -1.12. The third-order valence-electron chi connectivity index (χ3n) is 3.27. The van der Waals surface area contributed by atoms with E-state index in [9.17, 15) is 8.78 Å². The van der Waals surface area contributed by atoms with Crippen LogP contribution in [-0.2, 0) is 12.8 Å². The summed E-state index contributed by atoms with van der Waals surface area (Å²) < 4.78 is 26.9. The monoisotopic (exact) mass is 225 g/mol. The highest BCUT2D eigenvalue weighted by Gasteiger charge is 2.47. The third-order valence-corrected chi connectivity index (χ3v) is 3.27. The fourth-order valence-corrected chi connectivity index (χ4v) is 2.23. The molecule has 1 saturated heterocycles. The number of nitrogens with zero attached hydrogens (tertiary/aromatic N) is 1. The first-order chi connectivity index (χ1) is 7.60. The third kappa shape index (κ3) is 1.68. The Kier molecular flexibility index (Phi) is 2.87. The fourth-order valence-electron chi connectivity index (χ4n) is 2.23. The molecule has 0 bridgehead atoms. The molecule has 1 aliphatic heterocycles. The van der Waals surface area contributed by atoms with Gasteiger partial charge in [0.15, 0.2) is 0 Å². The predicted octanol–water partition coefficient (Wildman–Crippen LogP) is 3.61. The molecule has 0 aromatic heterocycles. The highest BCUT2D eigenvalue weighted by molar-refractivity contribution is 5.62. The van der Waals surface area contributed by atoms with Gasteiger partial charge in [-0.3, -0.25) is 0 Å². The Morgan fingerprint density at radius 1 is 1.19 bits per heavy atom. The molecular formula is C13H17F2N. The second-order valence-corrected chi connectivity index (χ2v) is 4.20. The number of halogens is 2. The SMILES string of the molecule is CCc1cccc(CC)c1N1CCC1(F)F. The van der Waals surface area contributed by atoms with Gasteiger partial charge in [0.25, 0.3) is 0 Å². The van der Waals surface area contributed by atoms with Gasteiger partial charge >= 0.3 is 6.05 Å². The van der Waals surface area contributed by atoms with Crippen LogP contribution in [0.25, 0.3) is 0 Å². The molecule has 0 aliphatic carbocycles. The molecule has 1 heterocycles. The van der Waals surface area contributed by atoms with Crippen molar-refractivity contribution >= 4 is 5.69 Å². The predicted molar refractivity (Wildman–Crippen MR) is 62.1 cm³/mol. The highest BCUT2D eigenvalue weighted by atomic mass is 19.3. The molecular weight excluding hydrogens is 208 g/mol. The van der Waals surface area contributed by atoms with E-state index in [2.05, 4.69) is 0 Å². The zero-order chi connectivity index (χ0) is 11.8. The molecule has 0 spiro atoms. The number of alkyl halides is 2. The van der Waals surface area contributed by atoms with E-state index in [1.54, 1.807) is 0 Å². The van der Waals surface area contributed by atoms with Gasteiger partial charge in [-0.1, -0.05) is 32.0 Å². The van der Waals surface area contributed by atoms with Crippen molar-refractivity contribution in [3.05, 3.63) is 29.3 Å². The summed E-state index contributed by atoms with van der Waals surface area (Å²) in [6.45, 7) is 4.49. The van der Waals surface area contributed by atoms with Crippen LogP contribution in [0, 0.1) is 0 Å². The first-order valence-electron chi connectivity index (χ1n) is 5.86. The summed E-state index contributed by atoms with van der Waals surface area (Å²) in [5, 5.41) is 0. The highest BCUT2D eigenvalue weighted by Crippen LogP contribution is 2.41. The van der Waals surface area contributed by atoms with Crippen molar-refractivity contribution in [3.63, 3.8) is 0 Å². The zero-order valence-corrected chi connectivity index (χ0v) is 9.76. The maximum Gasteiger partial charge on any atom is 0.327 e. The number of rotatable bonds is 3. The lowest BCUT2D eigenvalue weighted by Gasteiger charge is -2.44. The van der Waals surface area contributed by atoms with Crippen LogP contribution in [0.2, 0.25) is 0 Å². The topological polar surface area (TPSA) is 3.24 Å². The molecule has 0 unspecified atom stereocenters. The van der Waals surface area contributed by atoms with Crippen LogP contribution in [0.1, 0.15) is 31.4 Å². The summed E-state index contributed by atoms with van der Waals surface area (Å²) in [5.74, 6) is 0. The van der Waals surface area contributed by atoms with Crippen LogP contribution < -0.4 is 4.90 Å². The van der Waals surface area contributed by atoms with Gasteiger partial charge in [0, 0.05) is 18.7 Å². The zero-order valence-electron chi connectivity index (χ0n) is 9.76. The lowest BCUT2D eigenvalue weighted by molar-refractivity contribution is -0.0550. The Labute approximate surface area is 95.1 Å². The average Bonchev–Trinajstić information content (AvgIpc) is 2.28. The van der Waals surface area contributed by atoms with Gasteiger partial charge < -0.3 is 4.90 Å². The van der Waals surface area contributed by atoms with Crippen LogP contribution in [0.3, 0.4) is 0 Å². The number of anilines is 1. The van der Waals surface area contributed by atoms with Crippen LogP contribution in [0.15, 0.2) is 18.2 Å². The molecule has 88 valence electrons. The maximum atomic E-state index is 13.4. The lowest BCUT2D eigenvalue weighted by Crippen LogP contribution is -2.54. The maximum absolute atomic E-state index is 13.4. The molecule has 1 aromatic carbocycles. The summed E-state index contributed by atoms with van der Waals surface area (Å²) >= 11 is 0. The van der Waals surface area contributed by atoms with Gasteiger partial charge in [-0.2, -0.15) is 8.78 Å². The van der Waals surface area contributed by atoms with E-state index >= 15 is 0 Å². The van der Waals surface area contributed by atoms with Gasteiger partial charge in [0.1, 0.15) is 0 Å². The second kappa shape index (κ2) is 4.04. The van der Waals surface area contributed by atoms with Crippen LogP contribution in [0.4, 0.5) is 14.5 Å². The van der Waals surface area contributed by atoms with E-state index in [0.29, 0.717) is 6.54 Å². The smallest absolute Gasteiger partial charge is 0.312 e. The van der Waals surface area contributed by atoms with Crippen LogP contribution in [0.5, 0.6) is 0 Å². The number of para-hydroxylation sites is 1. The minimum atomic E-state index is -2.64. The largest absolute Gasteiger partial charge is 0.327 e. The summed E-state index contributed by atoms with van der Waals surface area (Å²) in [7, 11) is 0. The van der Waals surface area contributed by atoms with Gasteiger partial charge in [-0.05, 0) is 24.0 Å². The first-order valence-corrected chi connectivity index (χ1v) is 5.86. The minimum Gasteiger partial charge on any atom is -0.312 e.